The lowest BCUT2D eigenvalue weighted by molar-refractivity contribution is -0.111. The number of hydrogen-bond donors (Lipinski definition) is 3. The summed E-state index contributed by atoms with van der Waals surface area (Å²) in [5.41, 5.74) is 0. The molecule has 4 nitrogen and oxygen atoms in total. The fourth-order valence-corrected chi connectivity index (χ4v) is 0.804. The van der Waals surface area contributed by atoms with Crippen LogP contribution in [0.25, 0.3) is 0 Å². The maximum Gasteiger partial charge on any atom is 0.197 e. The average molecular weight is 227 g/mol. The molecule has 0 saturated heterocycles. The Bertz CT molecular complexity index is 128. The highest BCUT2D eigenvalue weighted by atomic mass is 79.9. The Kier molecular flexibility index (Phi) is 5.67. The quantitative estimate of drug-likeness (QED) is 0.548. The summed E-state index contributed by atoms with van der Waals surface area (Å²) in [5, 5.41) is 26.2. The molecule has 0 fully saturated rings. The van der Waals surface area contributed by atoms with Crippen LogP contribution >= 0.6 is 15.9 Å². The van der Waals surface area contributed by atoms with Crippen molar-refractivity contribution in [1.82, 2.24) is 0 Å². The monoisotopic (exact) mass is 226 g/mol. The summed E-state index contributed by atoms with van der Waals surface area (Å²) >= 11 is 2.68. The van der Waals surface area contributed by atoms with Gasteiger partial charge in [0.25, 0.3) is 0 Å². The van der Waals surface area contributed by atoms with E-state index in [4.69, 9.17) is 15.3 Å². The summed E-state index contributed by atoms with van der Waals surface area (Å²) < 4.78 is -0.221. The van der Waals surface area contributed by atoms with Gasteiger partial charge < -0.3 is 15.3 Å². The molecule has 0 aliphatic carbocycles. The first-order valence-electron chi connectivity index (χ1n) is 3.23. The van der Waals surface area contributed by atoms with Crippen molar-refractivity contribution in [3.63, 3.8) is 0 Å². The predicted molar refractivity (Wildman–Crippen MR) is 42.3 cm³/mol. The van der Waals surface area contributed by atoms with E-state index in [9.17, 15) is 4.79 Å². The van der Waals surface area contributed by atoms with Gasteiger partial charge in [0.15, 0.2) is 4.69 Å². The molecule has 0 bridgehead atoms. The molecular formula is C6H11BrO4. The minimum Gasteiger partial charge on any atom is -0.394 e. The minimum atomic E-state index is -1.15. The van der Waals surface area contributed by atoms with Crippen molar-refractivity contribution < 1.29 is 20.1 Å². The average Bonchev–Trinajstić information content (AvgIpc) is 1.98. The van der Waals surface area contributed by atoms with E-state index < -0.39 is 18.8 Å². The molecule has 11 heavy (non-hydrogen) atoms. The van der Waals surface area contributed by atoms with E-state index in [1.54, 1.807) is 0 Å². The van der Waals surface area contributed by atoms with Crippen LogP contribution in [0.1, 0.15) is 12.8 Å². The maximum absolute atomic E-state index is 10.3. The second-order valence-corrected chi connectivity index (χ2v) is 3.10. The third kappa shape index (κ3) is 5.32. The number of carbonyl (C=O) groups excluding carboxylic acids is 1. The van der Waals surface area contributed by atoms with E-state index in [-0.39, 0.29) is 17.5 Å². The van der Waals surface area contributed by atoms with Crippen LogP contribution in [-0.4, -0.2) is 38.8 Å². The van der Waals surface area contributed by atoms with Crippen LogP contribution in [0, 0.1) is 0 Å². The largest absolute Gasteiger partial charge is 0.394 e. The predicted octanol–water partition coefficient (Wildman–Crippen LogP) is -0.598. The Labute approximate surface area is 73.0 Å². The highest BCUT2D eigenvalue weighted by Gasteiger charge is 2.15. The van der Waals surface area contributed by atoms with Crippen LogP contribution in [0.4, 0.5) is 0 Å². The van der Waals surface area contributed by atoms with Crippen molar-refractivity contribution >= 4 is 20.6 Å². The highest BCUT2D eigenvalue weighted by Crippen LogP contribution is 2.04. The van der Waals surface area contributed by atoms with Gasteiger partial charge in [-0.25, -0.2) is 0 Å². The summed E-state index contributed by atoms with van der Waals surface area (Å²) in [6.45, 7) is -0.488. The van der Waals surface area contributed by atoms with Crippen LogP contribution in [0.2, 0.25) is 0 Å². The van der Waals surface area contributed by atoms with Crippen molar-refractivity contribution in [2.45, 2.75) is 25.0 Å². The number of hydrogen-bond acceptors (Lipinski definition) is 4. The summed E-state index contributed by atoms with van der Waals surface area (Å²) in [4.78, 5) is 10.3. The highest BCUT2D eigenvalue weighted by molar-refractivity contribution is 9.18. The van der Waals surface area contributed by atoms with E-state index in [0.29, 0.717) is 0 Å². The Morgan fingerprint density at radius 3 is 2.27 bits per heavy atom. The zero-order chi connectivity index (χ0) is 8.85. The molecule has 0 radical (unpaired) electrons. The first kappa shape index (κ1) is 11.0. The molecule has 0 unspecified atom stereocenters. The molecule has 0 heterocycles. The lowest BCUT2D eigenvalue weighted by Gasteiger charge is -2.13. The molecule has 66 valence electrons. The van der Waals surface area contributed by atoms with Gasteiger partial charge in [0.2, 0.25) is 0 Å². The van der Waals surface area contributed by atoms with E-state index in [1.807, 2.05) is 0 Å². The Balaban J connectivity index is 3.51. The third-order valence-electron chi connectivity index (χ3n) is 1.27. The van der Waals surface area contributed by atoms with Gasteiger partial charge in [0.05, 0.1) is 12.7 Å². The van der Waals surface area contributed by atoms with Crippen LogP contribution < -0.4 is 0 Å². The SMILES string of the molecule is O=C(Br)CC[C@H](O)[C@H](O)CO. The zero-order valence-electron chi connectivity index (χ0n) is 5.90. The topological polar surface area (TPSA) is 77.8 Å². The molecule has 0 aromatic heterocycles. The van der Waals surface area contributed by atoms with Crippen LogP contribution in [0.3, 0.4) is 0 Å². The standard InChI is InChI=1S/C6H11BrO4/c7-6(11)2-1-4(9)5(10)3-8/h4-5,8-10H,1-3H2/t4-,5+/m0/s1. The second-order valence-electron chi connectivity index (χ2n) is 2.21. The number of rotatable bonds is 5. The van der Waals surface area contributed by atoms with Gasteiger partial charge in [0.1, 0.15) is 6.10 Å². The molecule has 0 aliphatic rings. The fourth-order valence-electron chi connectivity index (χ4n) is 0.575. The maximum atomic E-state index is 10.3. The van der Waals surface area contributed by atoms with Crippen LogP contribution in [-0.2, 0) is 4.79 Å². The lowest BCUT2D eigenvalue weighted by Crippen LogP contribution is -2.29. The van der Waals surface area contributed by atoms with Crippen molar-refractivity contribution in [3.05, 3.63) is 0 Å². The third-order valence-corrected chi connectivity index (χ3v) is 1.66. The molecule has 3 N–H and O–H groups in total. The Hall–Kier alpha value is 0.0300. The van der Waals surface area contributed by atoms with Crippen LogP contribution in [0.15, 0.2) is 0 Å². The molecule has 0 aromatic rings. The van der Waals surface area contributed by atoms with Gasteiger partial charge in [0, 0.05) is 6.42 Å². The summed E-state index contributed by atoms with van der Waals surface area (Å²) in [5.74, 6) is 0. The first-order valence-corrected chi connectivity index (χ1v) is 4.02. The van der Waals surface area contributed by atoms with E-state index in [0.717, 1.165) is 0 Å². The summed E-state index contributed by atoms with van der Waals surface area (Å²) in [7, 11) is 0. The lowest BCUT2D eigenvalue weighted by atomic mass is 10.1. The fraction of sp³-hybridized carbons (Fsp3) is 0.833. The first-order chi connectivity index (χ1) is 5.07. The van der Waals surface area contributed by atoms with Crippen LogP contribution in [0.5, 0.6) is 0 Å². The van der Waals surface area contributed by atoms with Gasteiger partial charge in [-0.05, 0) is 22.4 Å². The van der Waals surface area contributed by atoms with Gasteiger partial charge in [-0.15, -0.1) is 0 Å². The Morgan fingerprint density at radius 2 is 1.91 bits per heavy atom. The van der Waals surface area contributed by atoms with Gasteiger partial charge >= 0.3 is 0 Å². The summed E-state index contributed by atoms with van der Waals surface area (Å²) in [6.07, 6.45) is -1.87. The number of carbonyl (C=O) groups is 1. The van der Waals surface area contributed by atoms with Gasteiger partial charge in [-0.2, -0.15) is 0 Å². The van der Waals surface area contributed by atoms with Gasteiger partial charge in [-0.3, -0.25) is 4.79 Å². The molecule has 0 aromatic carbocycles. The molecular weight excluding hydrogens is 216 g/mol. The molecule has 0 spiro atoms. The molecule has 0 saturated carbocycles. The Morgan fingerprint density at radius 1 is 1.36 bits per heavy atom. The molecule has 0 rings (SSSR count). The molecule has 2 atom stereocenters. The van der Waals surface area contributed by atoms with Crippen molar-refractivity contribution in [1.29, 1.82) is 0 Å². The van der Waals surface area contributed by atoms with E-state index in [2.05, 4.69) is 15.9 Å². The molecule has 5 heteroatoms. The smallest absolute Gasteiger partial charge is 0.197 e. The second kappa shape index (κ2) is 5.65. The van der Waals surface area contributed by atoms with Crippen molar-refractivity contribution in [3.8, 4) is 0 Å². The zero-order valence-corrected chi connectivity index (χ0v) is 7.49. The summed E-state index contributed by atoms with van der Waals surface area (Å²) in [6, 6.07) is 0. The normalized spacial score (nSPS) is 16.0. The molecule has 0 aliphatic heterocycles. The van der Waals surface area contributed by atoms with Crippen molar-refractivity contribution in [2.75, 3.05) is 6.61 Å². The molecule has 0 amide bonds. The number of aliphatic hydroxyl groups is 3. The van der Waals surface area contributed by atoms with Gasteiger partial charge in [-0.1, -0.05) is 0 Å². The van der Waals surface area contributed by atoms with Crippen molar-refractivity contribution in [2.24, 2.45) is 0 Å². The van der Waals surface area contributed by atoms with E-state index >= 15 is 0 Å². The number of aliphatic hydroxyl groups excluding tert-OH is 3. The number of halogens is 1. The van der Waals surface area contributed by atoms with E-state index in [1.165, 1.54) is 0 Å². The minimum absolute atomic E-state index is 0.151.